The lowest BCUT2D eigenvalue weighted by atomic mass is 9.98. The van der Waals surface area contributed by atoms with Crippen LogP contribution in [0.15, 0.2) is 23.1 Å². The Balaban J connectivity index is 2.46. The van der Waals surface area contributed by atoms with Gasteiger partial charge in [-0.25, -0.2) is 8.42 Å². The second kappa shape index (κ2) is 6.27. The van der Waals surface area contributed by atoms with E-state index in [4.69, 9.17) is 0 Å². The number of sulfonamides is 1. The van der Waals surface area contributed by atoms with Crippen molar-refractivity contribution in [3.8, 4) is 0 Å². The maximum absolute atomic E-state index is 12.9. The number of nitrogens with zero attached hydrogens (tertiary/aromatic N) is 1. The van der Waals surface area contributed by atoms with Crippen LogP contribution in [-0.4, -0.2) is 25.8 Å². The van der Waals surface area contributed by atoms with Gasteiger partial charge in [-0.1, -0.05) is 32.4 Å². The van der Waals surface area contributed by atoms with Gasteiger partial charge >= 0.3 is 0 Å². The van der Waals surface area contributed by atoms with Crippen LogP contribution in [0.5, 0.6) is 0 Å². The molecule has 0 radical (unpaired) electrons. The molecule has 0 amide bonds. The summed E-state index contributed by atoms with van der Waals surface area (Å²) in [6.07, 6.45) is 4.04. The van der Waals surface area contributed by atoms with Gasteiger partial charge in [0.1, 0.15) is 0 Å². The van der Waals surface area contributed by atoms with E-state index in [0.29, 0.717) is 18.0 Å². The molecular formula is C16H25NO2S. The minimum absolute atomic E-state index is 0.269. The van der Waals surface area contributed by atoms with E-state index in [0.717, 1.165) is 36.8 Å². The fraction of sp³-hybridized carbons (Fsp3) is 0.625. The van der Waals surface area contributed by atoms with Crippen molar-refractivity contribution in [2.45, 2.75) is 57.3 Å². The van der Waals surface area contributed by atoms with Crippen LogP contribution in [0, 0.1) is 6.92 Å². The van der Waals surface area contributed by atoms with Crippen molar-refractivity contribution in [3.05, 3.63) is 29.3 Å². The average Bonchev–Trinajstić information content (AvgIpc) is 2.47. The molecule has 0 aliphatic carbocycles. The van der Waals surface area contributed by atoms with Crippen molar-refractivity contribution in [1.82, 2.24) is 4.31 Å². The molecule has 4 heteroatoms. The molecule has 20 heavy (non-hydrogen) atoms. The summed E-state index contributed by atoms with van der Waals surface area (Å²) < 4.78 is 27.5. The van der Waals surface area contributed by atoms with Gasteiger partial charge in [-0.15, -0.1) is 0 Å². The molecule has 1 aliphatic rings. The smallest absolute Gasteiger partial charge is 0.207 e. The van der Waals surface area contributed by atoms with Crippen LogP contribution < -0.4 is 0 Å². The van der Waals surface area contributed by atoms with Gasteiger partial charge < -0.3 is 0 Å². The van der Waals surface area contributed by atoms with Crippen LogP contribution in [0.2, 0.25) is 0 Å². The molecule has 1 atom stereocenters. The molecule has 0 bridgehead atoms. The van der Waals surface area contributed by atoms with Gasteiger partial charge in [-0.3, -0.25) is 0 Å². The van der Waals surface area contributed by atoms with Crippen molar-refractivity contribution < 1.29 is 8.42 Å². The molecule has 1 fully saturated rings. The average molecular weight is 295 g/mol. The molecule has 0 aromatic heterocycles. The third-order valence-electron chi connectivity index (χ3n) is 4.25. The second-order valence-electron chi connectivity index (χ2n) is 5.82. The molecule has 0 N–H and O–H groups in total. The Morgan fingerprint density at radius 1 is 1.20 bits per heavy atom. The Bertz CT molecular complexity index is 560. The standard InChI is InChI=1S/C16H25NO2S/c1-4-14(3)15-9-8-13(2)12-16(15)20(18,19)17-10-6-5-7-11-17/h8-9,12,14H,4-7,10-11H2,1-3H3. The summed E-state index contributed by atoms with van der Waals surface area (Å²) in [5.74, 6) is 0.269. The summed E-state index contributed by atoms with van der Waals surface area (Å²) in [4.78, 5) is 0.522. The Morgan fingerprint density at radius 2 is 1.85 bits per heavy atom. The van der Waals surface area contributed by atoms with Crippen LogP contribution >= 0.6 is 0 Å². The van der Waals surface area contributed by atoms with E-state index in [2.05, 4.69) is 13.8 Å². The molecule has 2 rings (SSSR count). The van der Waals surface area contributed by atoms with E-state index in [1.807, 2.05) is 25.1 Å². The minimum Gasteiger partial charge on any atom is -0.207 e. The van der Waals surface area contributed by atoms with Gasteiger partial charge in [0.05, 0.1) is 4.90 Å². The van der Waals surface area contributed by atoms with Gasteiger partial charge in [-0.05, 0) is 49.3 Å². The van der Waals surface area contributed by atoms with Crippen LogP contribution in [0.1, 0.15) is 56.6 Å². The lowest BCUT2D eigenvalue weighted by Gasteiger charge is -2.27. The summed E-state index contributed by atoms with van der Waals surface area (Å²) in [7, 11) is -3.34. The van der Waals surface area contributed by atoms with Gasteiger partial charge in [0.2, 0.25) is 10.0 Å². The van der Waals surface area contributed by atoms with E-state index < -0.39 is 10.0 Å². The Kier molecular flexibility index (Phi) is 4.86. The first-order valence-corrected chi connectivity index (χ1v) is 9.01. The van der Waals surface area contributed by atoms with Crippen LogP contribution in [0.4, 0.5) is 0 Å². The lowest BCUT2D eigenvalue weighted by molar-refractivity contribution is 0.346. The fourth-order valence-electron chi connectivity index (χ4n) is 2.74. The minimum atomic E-state index is -3.34. The summed E-state index contributed by atoms with van der Waals surface area (Å²) in [5.41, 5.74) is 1.97. The van der Waals surface area contributed by atoms with Crippen molar-refractivity contribution in [2.24, 2.45) is 0 Å². The normalized spacial score (nSPS) is 18.9. The molecule has 1 saturated heterocycles. The Morgan fingerprint density at radius 3 is 2.45 bits per heavy atom. The molecule has 1 unspecified atom stereocenters. The lowest BCUT2D eigenvalue weighted by Crippen LogP contribution is -2.36. The highest BCUT2D eigenvalue weighted by atomic mass is 32.2. The quantitative estimate of drug-likeness (QED) is 0.849. The number of piperidine rings is 1. The van der Waals surface area contributed by atoms with Crippen molar-refractivity contribution in [3.63, 3.8) is 0 Å². The highest BCUT2D eigenvalue weighted by Gasteiger charge is 2.29. The zero-order chi connectivity index (χ0) is 14.8. The van der Waals surface area contributed by atoms with E-state index in [1.54, 1.807) is 4.31 Å². The first kappa shape index (κ1) is 15.5. The van der Waals surface area contributed by atoms with Gasteiger partial charge in [0, 0.05) is 13.1 Å². The SMILES string of the molecule is CCC(C)c1ccc(C)cc1S(=O)(=O)N1CCCCC1. The van der Waals surface area contributed by atoms with Gasteiger partial charge in [-0.2, -0.15) is 4.31 Å². The van der Waals surface area contributed by atoms with E-state index in [9.17, 15) is 8.42 Å². The number of hydrogen-bond acceptors (Lipinski definition) is 2. The topological polar surface area (TPSA) is 37.4 Å². The number of rotatable bonds is 4. The maximum Gasteiger partial charge on any atom is 0.243 e. The van der Waals surface area contributed by atoms with Crippen LogP contribution in [0.25, 0.3) is 0 Å². The van der Waals surface area contributed by atoms with Gasteiger partial charge in [0.15, 0.2) is 0 Å². The Hall–Kier alpha value is -0.870. The molecule has 0 saturated carbocycles. The van der Waals surface area contributed by atoms with Crippen LogP contribution in [0.3, 0.4) is 0 Å². The second-order valence-corrected chi connectivity index (χ2v) is 7.72. The van der Waals surface area contributed by atoms with Crippen LogP contribution in [-0.2, 0) is 10.0 Å². The molecule has 112 valence electrons. The summed E-state index contributed by atoms with van der Waals surface area (Å²) in [6, 6.07) is 5.84. The zero-order valence-electron chi connectivity index (χ0n) is 12.7. The largest absolute Gasteiger partial charge is 0.243 e. The molecule has 1 aliphatic heterocycles. The van der Waals surface area contributed by atoms with Crippen molar-refractivity contribution >= 4 is 10.0 Å². The number of hydrogen-bond donors (Lipinski definition) is 0. The predicted molar refractivity (Wildman–Crippen MR) is 82.5 cm³/mol. The third-order valence-corrected chi connectivity index (χ3v) is 6.20. The molecule has 1 heterocycles. The molecule has 0 spiro atoms. The number of benzene rings is 1. The van der Waals surface area contributed by atoms with E-state index >= 15 is 0 Å². The van der Waals surface area contributed by atoms with Crippen molar-refractivity contribution in [2.75, 3.05) is 13.1 Å². The zero-order valence-corrected chi connectivity index (χ0v) is 13.5. The van der Waals surface area contributed by atoms with E-state index in [-0.39, 0.29) is 5.92 Å². The Labute approximate surface area is 123 Å². The van der Waals surface area contributed by atoms with E-state index in [1.165, 1.54) is 0 Å². The van der Waals surface area contributed by atoms with Crippen molar-refractivity contribution in [1.29, 1.82) is 0 Å². The first-order valence-electron chi connectivity index (χ1n) is 7.57. The summed E-state index contributed by atoms with van der Waals surface area (Å²) in [5, 5.41) is 0. The molecule has 1 aromatic carbocycles. The van der Waals surface area contributed by atoms with Gasteiger partial charge in [0.25, 0.3) is 0 Å². The highest BCUT2D eigenvalue weighted by molar-refractivity contribution is 7.89. The monoisotopic (exact) mass is 295 g/mol. The maximum atomic E-state index is 12.9. The molecule has 3 nitrogen and oxygen atoms in total. The summed E-state index contributed by atoms with van der Waals surface area (Å²) in [6.45, 7) is 7.48. The molecular weight excluding hydrogens is 270 g/mol. The summed E-state index contributed by atoms with van der Waals surface area (Å²) >= 11 is 0. The highest BCUT2D eigenvalue weighted by Crippen LogP contribution is 2.30. The molecule has 1 aromatic rings. The third kappa shape index (κ3) is 3.07. The fourth-order valence-corrected chi connectivity index (χ4v) is 4.66. The predicted octanol–water partition coefficient (Wildman–Crippen LogP) is 3.68. The number of aryl methyl sites for hydroxylation is 1. The first-order chi connectivity index (χ1) is 9.46.